The molecule has 7 aromatic carbocycles. The van der Waals surface area contributed by atoms with E-state index in [1.165, 1.54) is 83.2 Å². The lowest BCUT2D eigenvalue weighted by Gasteiger charge is -2.32. The largest absolute Gasteiger partial charge is 0.354 e. The standard InChI is InChI=1S/C41H25N/c1-2-11-25(12-3-1)26-21-22-37-31(23-26)32-24-36-39(30-16-10-20-38(42-37)40(30)32)29-15-6-9-19-35(29)41(36)33-17-7-4-13-27(33)28-14-5-8-18-34(28)41/h1-24,42H. The molecule has 0 aromatic heterocycles. The Balaban J connectivity index is 1.37. The van der Waals surface area contributed by atoms with Gasteiger partial charge in [-0.3, -0.25) is 0 Å². The molecule has 1 aliphatic heterocycles. The van der Waals surface area contributed by atoms with Crippen LogP contribution in [0.15, 0.2) is 146 Å². The maximum atomic E-state index is 3.79. The van der Waals surface area contributed by atoms with Crippen molar-refractivity contribution in [2.75, 3.05) is 5.32 Å². The van der Waals surface area contributed by atoms with Gasteiger partial charge in [-0.05, 0) is 90.8 Å². The zero-order chi connectivity index (χ0) is 27.4. The van der Waals surface area contributed by atoms with Crippen molar-refractivity contribution in [3.8, 4) is 44.5 Å². The minimum absolute atomic E-state index is 0.359. The topological polar surface area (TPSA) is 12.0 Å². The van der Waals surface area contributed by atoms with Gasteiger partial charge < -0.3 is 5.32 Å². The van der Waals surface area contributed by atoms with Gasteiger partial charge in [0.05, 0.1) is 5.41 Å². The van der Waals surface area contributed by atoms with Crippen LogP contribution in [0.25, 0.3) is 55.3 Å². The lowest BCUT2D eigenvalue weighted by Crippen LogP contribution is -2.26. The van der Waals surface area contributed by atoms with Gasteiger partial charge in [0.1, 0.15) is 0 Å². The summed E-state index contributed by atoms with van der Waals surface area (Å²) in [5, 5.41) is 6.41. The molecular formula is C41H25N. The van der Waals surface area contributed by atoms with Crippen molar-refractivity contribution in [3.63, 3.8) is 0 Å². The van der Waals surface area contributed by atoms with E-state index in [0.29, 0.717) is 0 Å². The fourth-order valence-corrected chi connectivity index (χ4v) is 8.21. The van der Waals surface area contributed by atoms with E-state index in [2.05, 4.69) is 151 Å². The van der Waals surface area contributed by atoms with E-state index in [0.717, 1.165) is 5.69 Å². The first-order valence-electron chi connectivity index (χ1n) is 14.7. The maximum absolute atomic E-state index is 3.79. The zero-order valence-corrected chi connectivity index (χ0v) is 22.9. The Kier molecular flexibility index (Phi) is 4.18. The highest BCUT2D eigenvalue weighted by atomic mass is 14.9. The minimum atomic E-state index is -0.359. The second kappa shape index (κ2) is 7.87. The van der Waals surface area contributed by atoms with E-state index in [9.17, 15) is 0 Å². The second-order valence-corrected chi connectivity index (χ2v) is 11.7. The molecule has 0 saturated carbocycles. The van der Waals surface area contributed by atoms with Crippen molar-refractivity contribution < 1.29 is 0 Å². The van der Waals surface area contributed by atoms with Crippen LogP contribution >= 0.6 is 0 Å². The zero-order valence-electron chi connectivity index (χ0n) is 22.9. The highest BCUT2D eigenvalue weighted by Gasteiger charge is 2.52. The summed E-state index contributed by atoms with van der Waals surface area (Å²) in [6.07, 6.45) is 0. The highest BCUT2D eigenvalue weighted by Crippen LogP contribution is 2.65. The van der Waals surface area contributed by atoms with E-state index in [1.807, 2.05) is 0 Å². The molecule has 0 unspecified atom stereocenters. The molecule has 3 aliphatic rings. The van der Waals surface area contributed by atoms with Gasteiger partial charge >= 0.3 is 0 Å². The molecule has 0 fully saturated rings. The van der Waals surface area contributed by atoms with Crippen LogP contribution in [0.4, 0.5) is 11.4 Å². The Bertz CT molecular complexity index is 2230. The Hall–Kier alpha value is -5.40. The maximum Gasteiger partial charge on any atom is 0.0725 e. The molecule has 0 amide bonds. The van der Waals surface area contributed by atoms with Gasteiger partial charge in [-0.1, -0.05) is 121 Å². The van der Waals surface area contributed by atoms with Crippen molar-refractivity contribution in [1.29, 1.82) is 0 Å². The molecule has 1 spiro atoms. The smallest absolute Gasteiger partial charge is 0.0725 e. The lowest BCUT2D eigenvalue weighted by atomic mass is 9.69. The minimum Gasteiger partial charge on any atom is -0.354 e. The monoisotopic (exact) mass is 531 g/mol. The third kappa shape index (κ3) is 2.60. The lowest BCUT2D eigenvalue weighted by molar-refractivity contribution is 0.794. The first kappa shape index (κ1) is 22.3. The molecule has 2 aliphatic carbocycles. The van der Waals surface area contributed by atoms with Crippen molar-refractivity contribution in [1.82, 2.24) is 0 Å². The summed E-state index contributed by atoms with van der Waals surface area (Å²) >= 11 is 0. The van der Waals surface area contributed by atoms with E-state index >= 15 is 0 Å². The SMILES string of the molecule is c1ccc(-c2ccc3c(c2)-c2cc4c(c5cccc(c25)N3)-c2ccccc2C42c3ccccc3-c3ccccc32)cc1. The summed E-state index contributed by atoms with van der Waals surface area (Å²) < 4.78 is 0. The molecule has 1 nitrogen and oxygen atoms in total. The number of hydrogen-bond acceptors (Lipinski definition) is 1. The van der Waals surface area contributed by atoms with E-state index < -0.39 is 0 Å². The molecule has 1 heterocycles. The predicted molar refractivity (Wildman–Crippen MR) is 174 cm³/mol. The summed E-state index contributed by atoms with van der Waals surface area (Å²) in [5.74, 6) is 0. The number of fused-ring (bicyclic) bond motifs is 13. The first-order valence-corrected chi connectivity index (χ1v) is 14.7. The van der Waals surface area contributed by atoms with Crippen LogP contribution in [0.5, 0.6) is 0 Å². The van der Waals surface area contributed by atoms with Crippen LogP contribution < -0.4 is 5.32 Å². The Morgan fingerprint density at radius 1 is 0.381 bits per heavy atom. The number of rotatable bonds is 1. The molecular weight excluding hydrogens is 506 g/mol. The summed E-state index contributed by atoms with van der Waals surface area (Å²) in [4.78, 5) is 0. The van der Waals surface area contributed by atoms with E-state index in [4.69, 9.17) is 0 Å². The number of nitrogens with one attached hydrogen (secondary N) is 1. The Morgan fingerprint density at radius 3 is 1.76 bits per heavy atom. The van der Waals surface area contributed by atoms with Gasteiger partial charge in [0.2, 0.25) is 0 Å². The molecule has 0 atom stereocenters. The van der Waals surface area contributed by atoms with Gasteiger partial charge in [-0.2, -0.15) is 0 Å². The number of hydrogen-bond donors (Lipinski definition) is 1. The van der Waals surface area contributed by atoms with Crippen LogP contribution in [0.1, 0.15) is 22.3 Å². The molecule has 194 valence electrons. The molecule has 10 rings (SSSR count). The number of benzene rings is 7. The molecule has 0 bridgehead atoms. The van der Waals surface area contributed by atoms with Crippen molar-refractivity contribution in [2.24, 2.45) is 0 Å². The molecule has 7 aromatic rings. The van der Waals surface area contributed by atoms with Crippen LogP contribution in [-0.2, 0) is 5.41 Å². The van der Waals surface area contributed by atoms with Gasteiger partial charge in [0, 0.05) is 22.3 Å². The van der Waals surface area contributed by atoms with Crippen LogP contribution in [0.3, 0.4) is 0 Å². The summed E-state index contributed by atoms with van der Waals surface area (Å²) in [6.45, 7) is 0. The van der Waals surface area contributed by atoms with Crippen molar-refractivity contribution in [2.45, 2.75) is 5.41 Å². The highest BCUT2D eigenvalue weighted by molar-refractivity contribution is 6.18. The van der Waals surface area contributed by atoms with Gasteiger partial charge in [0.15, 0.2) is 0 Å². The van der Waals surface area contributed by atoms with Crippen molar-refractivity contribution in [3.05, 3.63) is 168 Å². The fourth-order valence-electron chi connectivity index (χ4n) is 8.21. The van der Waals surface area contributed by atoms with E-state index in [-0.39, 0.29) is 5.41 Å². The molecule has 1 heteroatoms. The molecule has 42 heavy (non-hydrogen) atoms. The normalized spacial score (nSPS) is 14.1. The third-order valence-corrected chi connectivity index (χ3v) is 9.80. The Morgan fingerprint density at radius 2 is 1.02 bits per heavy atom. The fraction of sp³-hybridized carbons (Fsp3) is 0.0244. The van der Waals surface area contributed by atoms with Crippen LogP contribution in [0.2, 0.25) is 0 Å². The summed E-state index contributed by atoms with van der Waals surface area (Å²) in [7, 11) is 0. The number of anilines is 2. The Labute approximate surface area is 244 Å². The average molecular weight is 532 g/mol. The average Bonchev–Trinajstić information content (AvgIpc) is 3.53. The summed E-state index contributed by atoms with van der Waals surface area (Å²) in [5.41, 5.74) is 17.9. The van der Waals surface area contributed by atoms with Crippen molar-refractivity contribution >= 4 is 22.1 Å². The van der Waals surface area contributed by atoms with Gasteiger partial charge in [0.25, 0.3) is 0 Å². The predicted octanol–water partition coefficient (Wildman–Crippen LogP) is 10.6. The summed E-state index contributed by atoms with van der Waals surface area (Å²) in [6, 6.07) is 54.1. The molecule has 0 saturated heterocycles. The molecule has 0 radical (unpaired) electrons. The first-order chi connectivity index (χ1) is 20.8. The molecule has 1 N–H and O–H groups in total. The van der Waals surface area contributed by atoms with E-state index in [1.54, 1.807) is 0 Å². The van der Waals surface area contributed by atoms with Crippen LogP contribution in [-0.4, -0.2) is 0 Å². The second-order valence-electron chi connectivity index (χ2n) is 11.7. The third-order valence-electron chi connectivity index (χ3n) is 9.80. The van der Waals surface area contributed by atoms with Crippen LogP contribution in [0, 0.1) is 0 Å². The van der Waals surface area contributed by atoms with Gasteiger partial charge in [-0.15, -0.1) is 0 Å². The van der Waals surface area contributed by atoms with Gasteiger partial charge in [-0.25, -0.2) is 0 Å². The quantitative estimate of drug-likeness (QED) is 0.222.